The van der Waals surface area contributed by atoms with Crippen LogP contribution in [0.2, 0.25) is 5.02 Å². The highest BCUT2D eigenvalue weighted by Gasteiger charge is 2.42. The summed E-state index contributed by atoms with van der Waals surface area (Å²) in [6, 6.07) is 0. The first-order chi connectivity index (χ1) is 11.5. The van der Waals surface area contributed by atoms with Crippen LogP contribution >= 0.6 is 11.6 Å². The second kappa shape index (κ2) is 6.54. The van der Waals surface area contributed by atoms with E-state index in [1.54, 1.807) is 6.92 Å². The van der Waals surface area contributed by atoms with Crippen LogP contribution in [0.4, 0.5) is 36.4 Å². The molecule has 1 aromatic carbocycles. The van der Waals surface area contributed by atoms with Crippen LogP contribution in [0.1, 0.15) is 23.0 Å². The van der Waals surface area contributed by atoms with E-state index in [-0.39, 0.29) is 11.6 Å². The summed E-state index contributed by atoms with van der Waals surface area (Å²) in [4.78, 5) is 11.9. The third-order valence-electron chi connectivity index (χ3n) is 3.04. The van der Waals surface area contributed by atoms with Gasteiger partial charge in [-0.1, -0.05) is 11.6 Å². The largest absolute Gasteiger partial charge is 0.422 e. The molecule has 0 aliphatic rings. The molecule has 0 atom stereocenters. The van der Waals surface area contributed by atoms with E-state index in [2.05, 4.69) is 5.10 Å². The van der Waals surface area contributed by atoms with Gasteiger partial charge in [0.25, 0.3) is 5.91 Å². The van der Waals surface area contributed by atoms with Gasteiger partial charge in [-0.2, -0.15) is 18.3 Å². The summed E-state index contributed by atoms with van der Waals surface area (Å²) in [5.74, 6) is -11.6. The van der Waals surface area contributed by atoms with E-state index in [0.717, 1.165) is 0 Å². The average Bonchev–Trinajstić information content (AvgIpc) is 2.89. The monoisotopic (exact) mass is 389 g/mol. The Hall–Kier alpha value is -2.30. The summed E-state index contributed by atoms with van der Waals surface area (Å²) in [7, 11) is 0. The molecule has 1 amide bonds. The summed E-state index contributed by atoms with van der Waals surface area (Å²) in [6.07, 6.45) is -4.49. The fraction of sp³-hybridized carbons (Fsp3) is 0.231. The molecule has 0 fully saturated rings. The molecular formula is C13H7ClF7N3O. The van der Waals surface area contributed by atoms with Gasteiger partial charge in [0.2, 0.25) is 0 Å². The van der Waals surface area contributed by atoms with E-state index < -0.39 is 52.3 Å². The lowest BCUT2D eigenvalue weighted by atomic mass is 10.1. The molecule has 0 unspecified atom stereocenters. The summed E-state index contributed by atoms with van der Waals surface area (Å²) in [6.45, 7) is 1.91. The number of nitrogens with one attached hydrogen (secondary N) is 1. The number of anilines is 1. The van der Waals surface area contributed by atoms with Crippen LogP contribution in [0, 0.1) is 23.3 Å². The van der Waals surface area contributed by atoms with Crippen LogP contribution in [0.15, 0.2) is 6.20 Å². The SMILES string of the molecule is CCn1cc(Cl)c(C(=O)Nc2c(F)c(F)c(C(F)(F)F)c(F)c2F)n1. The molecule has 136 valence electrons. The molecule has 12 heteroatoms. The van der Waals surface area contributed by atoms with Crippen molar-refractivity contribution >= 4 is 23.2 Å². The molecule has 0 saturated carbocycles. The van der Waals surface area contributed by atoms with Crippen molar-refractivity contribution in [2.45, 2.75) is 19.6 Å². The first-order valence-corrected chi connectivity index (χ1v) is 6.84. The molecule has 2 aromatic rings. The number of hydrogen-bond acceptors (Lipinski definition) is 2. The van der Waals surface area contributed by atoms with Crippen molar-refractivity contribution in [3.63, 3.8) is 0 Å². The maximum Gasteiger partial charge on any atom is 0.422 e. The van der Waals surface area contributed by atoms with Crippen LogP contribution in [-0.4, -0.2) is 15.7 Å². The number of amides is 1. The number of halogens is 8. The lowest BCUT2D eigenvalue weighted by molar-refractivity contribution is -0.143. The lowest BCUT2D eigenvalue weighted by Gasteiger charge is -2.14. The molecule has 0 aliphatic carbocycles. The van der Waals surface area contributed by atoms with Crippen LogP contribution in [0.3, 0.4) is 0 Å². The Morgan fingerprint density at radius 2 is 1.68 bits per heavy atom. The number of hydrogen-bond donors (Lipinski definition) is 1. The fourth-order valence-electron chi connectivity index (χ4n) is 1.88. The number of rotatable bonds is 3. The molecule has 2 rings (SSSR count). The van der Waals surface area contributed by atoms with Crippen molar-refractivity contribution in [3.05, 3.63) is 45.7 Å². The van der Waals surface area contributed by atoms with Crippen molar-refractivity contribution in [2.75, 3.05) is 5.32 Å². The van der Waals surface area contributed by atoms with Gasteiger partial charge >= 0.3 is 6.18 Å². The predicted molar refractivity (Wildman–Crippen MR) is 72.1 cm³/mol. The zero-order chi connectivity index (χ0) is 19.1. The minimum absolute atomic E-state index is 0.243. The van der Waals surface area contributed by atoms with Crippen molar-refractivity contribution < 1.29 is 35.5 Å². The number of nitrogens with zero attached hydrogens (tertiary/aromatic N) is 2. The molecule has 0 spiro atoms. The Bertz CT molecular complexity index is 818. The van der Waals surface area contributed by atoms with Crippen molar-refractivity contribution in [3.8, 4) is 0 Å². The summed E-state index contributed by atoms with van der Waals surface area (Å²) in [5.41, 5.74) is -5.01. The smallest absolute Gasteiger partial charge is 0.315 e. The zero-order valence-electron chi connectivity index (χ0n) is 12.1. The van der Waals surface area contributed by atoms with Gasteiger partial charge in [0.15, 0.2) is 29.0 Å². The van der Waals surface area contributed by atoms with Gasteiger partial charge in [-0.05, 0) is 6.92 Å². The van der Waals surface area contributed by atoms with Crippen molar-refractivity contribution in [2.24, 2.45) is 0 Å². The van der Waals surface area contributed by atoms with E-state index in [1.807, 2.05) is 0 Å². The highest BCUT2D eigenvalue weighted by Crippen LogP contribution is 2.38. The number of benzene rings is 1. The quantitative estimate of drug-likeness (QED) is 0.625. The van der Waals surface area contributed by atoms with Crippen LogP contribution in [0.25, 0.3) is 0 Å². The highest BCUT2D eigenvalue weighted by atomic mass is 35.5. The zero-order valence-corrected chi connectivity index (χ0v) is 12.9. The van der Waals surface area contributed by atoms with E-state index in [0.29, 0.717) is 0 Å². The lowest BCUT2D eigenvalue weighted by Crippen LogP contribution is -2.21. The highest BCUT2D eigenvalue weighted by molar-refractivity contribution is 6.34. The Balaban J connectivity index is 2.50. The Labute approximate surface area is 140 Å². The number of carbonyl (C=O) groups is 1. The predicted octanol–water partition coefficient (Wildman–Crippen LogP) is 4.38. The maximum atomic E-state index is 13.7. The molecule has 0 bridgehead atoms. The van der Waals surface area contributed by atoms with Crippen molar-refractivity contribution in [1.29, 1.82) is 0 Å². The van der Waals surface area contributed by atoms with Crippen LogP contribution < -0.4 is 5.32 Å². The van der Waals surface area contributed by atoms with Gasteiger partial charge < -0.3 is 5.32 Å². The molecule has 4 nitrogen and oxygen atoms in total. The molecular weight excluding hydrogens is 383 g/mol. The standard InChI is InChI=1S/C13H7ClF7N3O/c1-2-24-3-4(14)10(23-24)12(25)22-11-8(17)6(15)5(13(19,20)21)7(16)9(11)18/h3H,2H2,1H3,(H,22,25). The molecule has 25 heavy (non-hydrogen) atoms. The second-order valence-electron chi connectivity index (χ2n) is 4.64. The van der Waals surface area contributed by atoms with E-state index in [9.17, 15) is 35.5 Å². The second-order valence-corrected chi connectivity index (χ2v) is 5.05. The first-order valence-electron chi connectivity index (χ1n) is 6.46. The third kappa shape index (κ3) is 3.41. The summed E-state index contributed by atoms with van der Waals surface area (Å²) >= 11 is 5.68. The van der Waals surface area contributed by atoms with Gasteiger partial charge in [0.05, 0.1) is 5.02 Å². The average molecular weight is 390 g/mol. The van der Waals surface area contributed by atoms with E-state index in [4.69, 9.17) is 11.6 Å². The number of alkyl halides is 3. The normalized spacial score (nSPS) is 11.7. The number of aryl methyl sites for hydroxylation is 1. The maximum absolute atomic E-state index is 13.7. The van der Waals surface area contributed by atoms with Crippen LogP contribution in [-0.2, 0) is 12.7 Å². The van der Waals surface area contributed by atoms with Gasteiger partial charge in [-0.15, -0.1) is 0 Å². The van der Waals surface area contributed by atoms with Gasteiger partial charge in [-0.25, -0.2) is 17.6 Å². The Morgan fingerprint density at radius 1 is 1.16 bits per heavy atom. The minimum Gasteiger partial charge on any atom is -0.315 e. The topological polar surface area (TPSA) is 46.9 Å². The minimum atomic E-state index is -5.68. The van der Waals surface area contributed by atoms with Crippen LogP contribution in [0.5, 0.6) is 0 Å². The van der Waals surface area contributed by atoms with Gasteiger partial charge in [0, 0.05) is 12.7 Å². The molecule has 0 radical (unpaired) electrons. The number of aromatic nitrogens is 2. The van der Waals surface area contributed by atoms with E-state index >= 15 is 0 Å². The molecule has 1 N–H and O–H groups in total. The van der Waals surface area contributed by atoms with Gasteiger partial charge in [-0.3, -0.25) is 9.48 Å². The summed E-state index contributed by atoms with van der Waals surface area (Å²) in [5, 5.41) is 4.84. The number of carbonyl (C=O) groups excluding carboxylic acids is 1. The molecule has 1 aromatic heterocycles. The van der Waals surface area contributed by atoms with Crippen molar-refractivity contribution in [1.82, 2.24) is 9.78 Å². The summed E-state index contributed by atoms with van der Waals surface area (Å²) < 4.78 is 93.1. The Kier molecular flexibility index (Phi) is 4.98. The first kappa shape index (κ1) is 19.0. The molecule has 0 aliphatic heterocycles. The third-order valence-corrected chi connectivity index (χ3v) is 3.32. The fourth-order valence-corrected chi connectivity index (χ4v) is 2.11. The molecule has 1 heterocycles. The van der Waals surface area contributed by atoms with Gasteiger partial charge in [0.1, 0.15) is 11.3 Å². The van der Waals surface area contributed by atoms with E-state index in [1.165, 1.54) is 16.2 Å². The Morgan fingerprint density at radius 3 is 2.08 bits per heavy atom. The molecule has 0 saturated heterocycles.